The summed E-state index contributed by atoms with van der Waals surface area (Å²) in [7, 11) is 1.92. The van der Waals surface area contributed by atoms with E-state index in [-0.39, 0.29) is 5.78 Å². The van der Waals surface area contributed by atoms with Crippen LogP contribution in [0.25, 0.3) is 0 Å². The normalized spacial score (nSPS) is 12.4. The van der Waals surface area contributed by atoms with Crippen molar-refractivity contribution in [2.75, 3.05) is 7.05 Å². The predicted molar refractivity (Wildman–Crippen MR) is 62.9 cm³/mol. The second kappa shape index (κ2) is 6.36. The minimum atomic E-state index is 0.252. The molecule has 1 atom stereocenters. The van der Waals surface area contributed by atoms with E-state index in [2.05, 4.69) is 29.6 Å². The molecule has 2 nitrogen and oxygen atoms in total. The first-order valence-electron chi connectivity index (χ1n) is 5.43. The maximum absolute atomic E-state index is 11.0. The third kappa shape index (κ3) is 4.75. The number of carbonyl (C=O) groups is 1. The molecule has 1 N–H and O–H groups in total. The van der Waals surface area contributed by atoms with E-state index in [0.717, 1.165) is 12.8 Å². The molecular formula is C13H19NO. The molecule has 1 aromatic rings. The highest BCUT2D eigenvalue weighted by Crippen LogP contribution is 2.07. The van der Waals surface area contributed by atoms with Gasteiger partial charge in [0.1, 0.15) is 5.78 Å². The Kier molecular flexibility index (Phi) is 5.05. The van der Waals surface area contributed by atoms with Crippen LogP contribution in [0.3, 0.4) is 0 Å². The summed E-state index contributed by atoms with van der Waals surface area (Å²) in [5, 5.41) is 3.18. The van der Waals surface area contributed by atoms with E-state index in [9.17, 15) is 4.79 Å². The number of rotatable bonds is 6. The van der Waals surface area contributed by atoms with Gasteiger partial charge in [-0.2, -0.15) is 0 Å². The van der Waals surface area contributed by atoms with Crippen molar-refractivity contribution in [1.82, 2.24) is 5.32 Å². The van der Waals surface area contributed by atoms with Crippen LogP contribution in [-0.2, 0) is 11.2 Å². The van der Waals surface area contributed by atoms with Gasteiger partial charge in [0.05, 0.1) is 0 Å². The highest BCUT2D eigenvalue weighted by molar-refractivity contribution is 5.76. The first-order valence-corrected chi connectivity index (χ1v) is 5.43. The molecule has 0 aromatic heterocycles. The van der Waals surface area contributed by atoms with Gasteiger partial charge in [-0.3, -0.25) is 4.79 Å². The van der Waals surface area contributed by atoms with Gasteiger partial charge in [0, 0.05) is 12.5 Å². The highest BCUT2D eigenvalue weighted by Gasteiger charge is 2.08. The number of carbonyl (C=O) groups excluding carboxylic acids is 1. The third-order valence-electron chi connectivity index (χ3n) is 2.57. The number of ketones is 1. The summed E-state index contributed by atoms with van der Waals surface area (Å²) in [6.07, 6.45) is 2.67. The summed E-state index contributed by atoms with van der Waals surface area (Å²) in [6, 6.07) is 10.7. The fourth-order valence-electron chi connectivity index (χ4n) is 1.68. The van der Waals surface area contributed by atoms with Crippen molar-refractivity contribution in [1.29, 1.82) is 0 Å². The molecule has 0 fully saturated rings. The van der Waals surface area contributed by atoms with E-state index in [1.165, 1.54) is 5.56 Å². The molecule has 0 spiro atoms. The predicted octanol–water partition coefficient (Wildman–Crippen LogP) is 2.19. The van der Waals surface area contributed by atoms with Crippen LogP contribution in [0.2, 0.25) is 0 Å². The lowest BCUT2D eigenvalue weighted by Crippen LogP contribution is -2.27. The summed E-state index contributed by atoms with van der Waals surface area (Å²) < 4.78 is 0. The average Bonchev–Trinajstić information content (AvgIpc) is 2.25. The Morgan fingerprint density at radius 1 is 1.33 bits per heavy atom. The summed E-state index contributed by atoms with van der Waals surface area (Å²) in [5.41, 5.74) is 1.33. The van der Waals surface area contributed by atoms with Gasteiger partial charge in [0.15, 0.2) is 0 Å². The molecule has 2 heteroatoms. The Hall–Kier alpha value is -1.15. The fourth-order valence-corrected chi connectivity index (χ4v) is 1.68. The van der Waals surface area contributed by atoms with Crippen LogP contribution in [-0.4, -0.2) is 18.9 Å². The Morgan fingerprint density at radius 3 is 2.53 bits per heavy atom. The number of aryl methyl sites for hydroxylation is 1. The summed E-state index contributed by atoms with van der Waals surface area (Å²) >= 11 is 0. The molecule has 0 aliphatic rings. The standard InChI is InChI=1S/C13H19NO/c1-11(15)10-13(14-2)9-8-12-6-4-3-5-7-12/h3-7,13-14H,8-10H2,1-2H3. The Balaban J connectivity index is 2.37. The van der Waals surface area contributed by atoms with Crippen LogP contribution < -0.4 is 5.32 Å². The van der Waals surface area contributed by atoms with Crippen molar-refractivity contribution in [3.63, 3.8) is 0 Å². The maximum atomic E-state index is 11.0. The topological polar surface area (TPSA) is 29.1 Å². The Bertz CT molecular complexity index is 295. The van der Waals surface area contributed by atoms with Gasteiger partial charge in [0.25, 0.3) is 0 Å². The summed E-state index contributed by atoms with van der Waals surface area (Å²) in [5.74, 6) is 0.252. The van der Waals surface area contributed by atoms with Gasteiger partial charge in [-0.15, -0.1) is 0 Å². The molecule has 0 amide bonds. The minimum Gasteiger partial charge on any atom is -0.317 e. The maximum Gasteiger partial charge on any atom is 0.131 e. The second-order valence-corrected chi connectivity index (χ2v) is 3.92. The molecule has 0 heterocycles. The summed E-state index contributed by atoms with van der Waals surface area (Å²) in [4.78, 5) is 11.0. The first kappa shape index (κ1) is 11.9. The molecule has 0 aliphatic heterocycles. The van der Waals surface area contributed by atoms with Crippen molar-refractivity contribution in [3.8, 4) is 0 Å². The van der Waals surface area contributed by atoms with Crippen molar-refractivity contribution < 1.29 is 4.79 Å². The number of hydrogen-bond donors (Lipinski definition) is 1. The number of nitrogens with one attached hydrogen (secondary N) is 1. The first-order chi connectivity index (χ1) is 7.22. The number of Topliss-reactive ketones (excluding diaryl/α,β-unsaturated/α-hetero) is 1. The lowest BCUT2D eigenvalue weighted by Gasteiger charge is -2.14. The van der Waals surface area contributed by atoms with Gasteiger partial charge in [-0.05, 0) is 32.4 Å². The Labute approximate surface area is 91.7 Å². The van der Waals surface area contributed by atoms with Crippen LogP contribution >= 0.6 is 0 Å². The molecule has 1 rings (SSSR count). The molecule has 82 valence electrons. The van der Waals surface area contributed by atoms with Gasteiger partial charge < -0.3 is 5.32 Å². The lowest BCUT2D eigenvalue weighted by atomic mass is 10.0. The quantitative estimate of drug-likeness (QED) is 0.771. The molecule has 1 aromatic carbocycles. The highest BCUT2D eigenvalue weighted by atomic mass is 16.1. The van der Waals surface area contributed by atoms with E-state index in [1.54, 1.807) is 6.92 Å². The third-order valence-corrected chi connectivity index (χ3v) is 2.57. The molecular weight excluding hydrogens is 186 g/mol. The molecule has 15 heavy (non-hydrogen) atoms. The SMILES string of the molecule is CNC(CCc1ccccc1)CC(C)=O. The van der Waals surface area contributed by atoms with E-state index < -0.39 is 0 Å². The number of benzene rings is 1. The van der Waals surface area contributed by atoms with E-state index in [0.29, 0.717) is 12.5 Å². The molecule has 0 radical (unpaired) electrons. The minimum absolute atomic E-state index is 0.252. The zero-order chi connectivity index (χ0) is 11.1. The largest absolute Gasteiger partial charge is 0.317 e. The Morgan fingerprint density at radius 2 is 2.00 bits per heavy atom. The van der Waals surface area contributed by atoms with Crippen molar-refractivity contribution in [3.05, 3.63) is 35.9 Å². The zero-order valence-corrected chi connectivity index (χ0v) is 9.49. The molecule has 1 unspecified atom stereocenters. The monoisotopic (exact) mass is 205 g/mol. The van der Waals surface area contributed by atoms with Crippen molar-refractivity contribution in [2.45, 2.75) is 32.2 Å². The van der Waals surface area contributed by atoms with Crippen molar-refractivity contribution >= 4 is 5.78 Å². The van der Waals surface area contributed by atoms with E-state index in [4.69, 9.17) is 0 Å². The van der Waals surface area contributed by atoms with Crippen LogP contribution in [0, 0.1) is 0 Å². The lowest BCUT2D eigenvalue weighted by molar-refractivity contribution is -0.117. The van der Waals surface area contributed by atoms with Crippen LogP contribution in [0.15, 0.2) is 30.3 Å². The summed E-state index contributed by atoms with van der Waals surface area (Å²) in [6.45, 7) is 1.65. The molecule has 0 aliphatic carbocycles. The average molecular weight is 205 g/mol. The molecule has 0 bridgehead atoms. The van der Waals surface area contributed by atoms with Gasteiger partial charge in [-0.25, -0.2) is 0 Å². The molecule has 0 saturated heterocycles. The van der Waals surface area contributed by atoms with E-state index in [1.807, 2.05) is 13.1 Å². The zero-order valence-electron chi connectivity index (χ0n) is 9.49. The molecule has 0 saturated carbocycles. The van der Waals surface area contributed by atoms with E-state index >= 15 is 0 Å². The van der Waals surface area contributed by atoms with Crippen LogP contribution in [0.1, 0.15) is 25.3 Å². The van der Waals surface area contributed by atoms with Crippen LogP contribution in [0.5, 0.6) is 0 Å². The van der Waals surface area contributed by atoms with Gasteiger partial charge in [0.2, 0.25) is 0 Å². The van der Waals surface area contributed by atoms with Gasteiger partial charge >= 0.3 is 0 Å². The van der Waals surface area contributed by atoms with Crippen molar-refractivity contribution in [2.24, 2.45) is 0 Å². The van der Waals surface area contributed by atoms with Gasteiger partial charge in [-0.1, -0.05) is 30.3 Å². The fraction of sp³-hybridized carbons (Fsp3) is 0.462. The number of hydrogen-bond acceptors (Lipinski definition) is 2. The van der Waals surface area contributed by atoms with Crippen LogP contribution in [0.4, 0.5) is 0 Å². The smallest absolute Gasteiger partial charge is 0.131 e. The second-order valence-electron chi connectivity index (χ2n) is 3.92.